The molecule has 0 saturated carbocycles. The summed E-state index contributed by atoms with van der Waals surface area (Å²) in [5, 5.41) is 0. The maximum atomic E-state index is 15.0. The van der Waals surface area contributed by atoms with Crippen LogP contribution in [0.15, 0.2) is 30.5 Å². The highest BCUT2D eigenvalue weighted by molar-refractivity contribution is 5.62. The molecule has 2 aromatic rings. The van der Waals surface area contributed by atoms with Gasteiger partial charge in [-0.25, -0.2) is 9.37 Å². The van der Waals surface area contributed by atoms with Gasteiger partial charge in [0.15, 0.2) is 5.82 Å². The fraction of sp³-hybridized carbons (Fsp3) is 0.593. The van der Waals surface area contributed by atoms with Crippen LogP contribution in [0.4, 0.5) is 4.39 Å². The SMILES string of the molecule is CCCCCCCCOc1ccc(-c2ncc(O[C@@H]3O[C@H]3CCCCC)c(C)c2F)cc1. The number of benzene rings is 1. The van der Waals surface area contributed by atoms with Gasteiger partial charge >= 0.3 is 0 Å². The molecule has 0 unspecified atom stereocenters. The third kappa shape index (κ3) is 7.19. The van der Waals surface area contributed by atoms with Crippen LogP contribution in [0.1, 0.15) is 83.6 Å². The van der Waals surface area contributed by atoms with Crippen LogP contribution >= 0.6 is 0 Å². The van der Waals surface area contributed by atoms with E-state index in [4.69, 9.17) is 14.2 Å². The Kier molecular flexibility index (Phi) is 9.79. The first-order chi connectivity index (χ1) is 15.6. The lowest BCUT2D eigenvalue weighted by Gasteiger charge is -2.11. The molecule has 3 rings (SSSR count). The Bertz CT molecular complexity index is 824. The van der Waals surface area contributed by atoms with Gasteiger partial charge in [-0.3, -0.25) is 0 Å². The fourth-order valence-electron chi connectivity index (χ4n) is 3.82. The second-order valence-electron chi connectivity index (χ2n) is 8.71. The summed E-state index contributed by atoms with van der Waals surface area (Å²) < 4.78 is 32.3. The minimum absolute atomic E-state index is 0.118. The van der Waals surface area contributed by atoms with Crippen LogP contribution in [-0.4, -0.2) is 24.0 Å². The number of aromatic nitrogens is 1. The monoisotopic (exact) mass is 443 g/mol. The zero-order chi connectivity index (χ0) is 22.8. The molecule has 1 aromatic heterocycles. The number of rotatable bonds is 15. The number of ether oxygens (including phenoxy) is 3. The fourth-order valence-corrected chi connectivity index (χ4v) is 3.82. The molecule has 4 nitrogen and oxygen atoms in total. The van der Waals surface area contributed by atoms with E-state index in [2.05, 4.69) is 18.8 Å². The van der Waals surface area contributed by atoms with Crippen molar-refractivity contribution in [3.63, 3.8) is 0 Å². The summed E-state index contributed by atoms with van der Waals surface area (Å²) in [5.41, 5.74) is 1.51. The van der Waals surface area contributed by atoms with E-state index < -0.39 is 0 Å². The van der Waals surface area contributed by atoms with Crippen molar-refractivity contribution in [3.8, 4) is 22.8 Å². The first-order valence-electron chi connectivity index (χ1n) is 12.3. The quantitative estimate of drug-likeness (QED) is 0.210. The minimum atomic E-state index is -0.355. The van der Waals surface area contributed by atoms with Gasteiger partial charge in [-0.2, -0.15) is 0 Å². The third-order valence-corrected chi connectivity index (χ3v) is 5.98. The maximum Gasteiger partial charge on any atom is 0.227 e. The molecule has 0 bridgehead atoms. The zero-order valence-electron chi connectivity index (χ0n) is 19.9. The lowest BCUT2D eigenvalue weighted by Crippen LogP contribution is -2.06. The molecule has 0 radical (unpaired) electrons. The van der Waals surface area contributed by atoms with Crippen LogP contribution < -0.4 is 9.47 Å². The number of hydrogen-bond donors (Lipinski definition) is 0. The minimum Gasteiger partial charge on any atom is -0.494 e. The molecule has 0 N–H and O–H groups in total. The standard InChI is InChI=1S/C27H38FNO3/c1-4-6-8-9-10-12-18-30-22-16-14-21(15-17-22)26-25(28)20(3)24(19-29-26)32-27-23(31-27)13-11-7-5-2/h14-17,19,23,27H,4-13,18H2,1-3H3/t23-,27-/m0/s1. The summed E-state index contributed by atoms with van der Waals surface area (Å²) >= 11 is 0. The molecule has 5 heteroatoms. The average Bonchev–Trinajstić information content (AvgIpc) is 3.55. The van der Waals surface area contributed by atoms with E-state index in [9.17, 15) is 0 Å². The summed E-state index contributed by atoms with van der Waals surface area (Å²) in [6, 6.07) is 7.48. The van der Waals surface area contributed by atoms with E-state index in [0.29, 0.717) is 23.6 Å². The molecule has 1 aliphatic rings. The van der Waals surface area contributed by atoms with Crippen LogP contribution in [-0.2, 0) is 4.74 Å². The van der Waals surface area contributed by atoms with Crippen molar-refractivity contribution in [2.45, 2.75) is 97.4 Å². The van der Waals surface area contributed by atoms with E-state index in [1.807, 2.05) is 24.3 Å². The number of halogens is 1. The van der Waals surface area contributed by atoms with Gasteiger partial charge in [0.05, 0.1) is 12.8 Å². The van der Waals surface area contributed by atoms with Gasteiger partial charge in [0.1, 0.15) is 23.3 Å². The van der Waals surface area contributed by atoms with Gasteiger partial charge in [-0.1, -0.05) is 65.2 Å². The van der Waals surface area contributed by atoms with E-state index in [1.165, 1.54) is 44.9 Å². The van der Waals surface area contributed by atoms with E-state index in [-0.39, 0.29) is 18.2 Å². The van der Waals surface area contributed by atoms with Crippen molar-refractivity contribution in [3.05, 3.63) is 41.8 Å². The van der Waals surface area contributed by atoms with Crippen molar-refractivity contribution < 1.29 is 18.6 Å². The maximum absolute atomic E-state index is 15.0. The van der Waals surface area contributed by atoms with Crippen molar-refractivity contribution in [1.82, 2.24) is 4.98 Å². The summed E-state index contributed by atoms with van der Waals surface area (Å²) in [6.07, 6.45) is 13.3. The molecule has 0 aliphatic carbocycles. The molecule has 0 spiro atoms. The Balaban J connectivity index is 1.49. The Morgan fingerprint density at radius 3 is 2.38 bits per heavy atom. The second kappa shape index (κ2) is 12.8. The molecule has 176 valence electrons. The predicted molar refractivity (Wildman–Crippen MR) is 127 cm³/mol. The Morgan fingerprint density at radius 1 is 0.938 bits per heavy atom. The van der Waals surface area contributed by atoms with Crippen LogP contribution in [0.2, 0.25) is 0 Å². The van der Waals surface area contributed by atoms with Crippen LogP contribution in [0, 0.1) is 12.7 Å². The van der Waals surface area contributed by atoms with Crippen LogP contribution in [0.25, 0.3) is 11.3 Å². The molecular weight excluding hydrogens is 405 g/mol. The number of nitrogens with zero attached hydrogens (tertiary/aromatic N) is 1. The highest BCUT2D eigenvalue weighted by Crippen LogP contribution is 2.34. The Morgan fingerprint density at radius 2 is 1.62 bits per heavy atom. The number of hydrogen-bond acceptors (Lipinski definition) is 4. The summed E-state index contributed by atoms with van der Waals surface area (Å²) in [5.74, 6) is 0.902. The topological polar surface area (TPSA) is 43.9 Å². The van der Waals surface area contributed by atoms with Crippen molar-refractivity contribution in [2.24, 2.45) is 0 Å². The summed E-state index contributed by atoms with van der Waals surface area (Å²) in [6.45, 7) is 6.84. The second-order valence-corrected chi connectivity index (χ2v) is 8.71. The molecule has 1 aliphatic heterocycles. The molecule has 32 heavy (non-hydrogen) atoms. The molecule has 1 aromatic carbocycles. The van der Waals surface area contributed by atoms with Gasteiger partial charge in [-0.05, 0) is 44.0 Å². The van der Waals surface area contributed by atoms with Gasteiger partial charge in [0, 0.05) is 11.1 Å². The van der Waals surface area contributed by atoms with Gasteiger partial charge < -0.3 is 14.2 Å². The molecule has 2 heterocycles. The van der Waals surface area contributed by atoms with E-state index >= 15 is 4.39 Å². The average molecular weight is 444 g/mol. The Hall–Kier alpha value is -2.14. The highest BCUT2D eigenvalue weighted by Gasteiger charge is 2.41. The Labute approximate surface area is 192 Å². The van der Waals surface area contributed by atoms with Gasteiger partial charge in [0.2, 0.25) is 6.29 Å². The molecule has 2 atom stereocenters. The first kappa shape index (κ1) is 24.5. The predicted octanol–water partition coefficient (Wildman–Crippen LogP) is 7.62. The molecule has 1 saturated heterocycles. The molecule has 0 amide bonds. The van der Waals surface area contributed by atoms with Gasteiger partial charge in [-0.15, -0.1) is 0 Å². The lowest BCUT2D eigenvalue weighted by atomic mass is 10.1. The van der Waals surface area contributed by atoms with Crippen molar-refractivity contribution in [2.75, 3.05) is 6.61 Å². The van der Waals surface area contributed by atoms with E-state index in [1.54, 1.807) is 13.1 Å². The van der Waals surface area contributed by atoms with Crippen LogP contribution in [0.3, 0.4) is 0 Å². The number of unbranched alkanes of at least 4 members (excludes halogenated alkanes) is 7. The summed E-state index contributed by atoms with van der Waals surface area (Å²) in [7, 11) is 0. The lowest BCUT2D eigenvalue weighted by molar-refractivity contribution is 0.176. The smallest absolute Gasteiger partial charge is 0.227 e. The summed E-state index contributed by atoms with van der Waals surface area (Å²) in [4.78, 5) is 4.33. The van der Waals surface area contributed by atoms with Crippen molar-refractivity contribution in [1.29, 1.82) is 0 Å². The van der Waals surface area contributed by atoms with Crippen LogP contribution in [0.5, 0.6) is 11.5 Å². The van der Waals surface area contributed by atoms with Gasteiger partial charge in [0.25, 0.3) is 0 Å². The first-order valence-corrected chi connectivity index (χ1v) is 12.3. The van der Waals surface area contributed by atoms with Crippen molar-refractivity contribution >= 4 is 0 Å². The normalized spacial score (nSPS) is 17.4. The zero-order valence-corrected chi connectivity index (χ0v) is 19.9. The largest absolute Gasteiger partial charge is 0.494 e. The molecular formula is C27H38FNO3. The highest BCUT2D eigenvalue weighted by atomic mass is 19.1. The number of epoxide rings is 1. The number of pyridine rings is 1. The van der Waals surface area contributed by atoms with E-state index in [0.717, 1.165) is 30.6 Å². The molecule has 1 fully saturated rings. The third-order valence-electron chi connectivity index (χ3n) is 5.98.